The predicted octanol–water partition coefficient (Wildman–Crippen LogP) is 3.11. The van der Waals surface area contributed by atoms with Gasteiger partial charge >= 0.3 is 6.18 Å². The first-order valence-electron chi connectivity index (χ1n) is 9.15. The van der Waals surface area contributed by atoms with Crippen LogP contribution in [0.25, 0.3) is 0 Å². The highest BCUT2D eigenvalue weighted by atomic mass is 19.4. The fraction of sp³-hybridized carbons (Fsp3) is 0.421. The van der Waals surface area contributed by atoms with E-state index in [9.17, 15) is 13.2 Å². The second-order valence-corrected chi connectivity index (χ2v) is 6.66. The average Bonchev–Trinajstić information content (AvgIpc) is 2.68. The van der Waals surface area contributed by atoms with E-state index in [0.717, 1.165) is 6.07 Å². The molecular weight excluding hydrogens is 385 g/mol. The van der Waals surface area contributed by atoms with Crippen molar-refractivity contribution in [3.05, 3.63) is 47.1 Å². The summed E-state index contributed by atoms with van der Waals surface area (Å²) in [5, 5.41) is 16.9. The SMILES string of the molecule is C=C1NC(C)=C(Cc2ccc(C(F)(F)F)c(N3CCOCC3)n2)C(=N)N1/N=C\C. The van der Waals surface area contributed by atoms with Crippen LogP contribution < -0.4 is 10.2 Å². The van der Waals surface area contributed by atoms with Crippen LogP contribution in [0.15, 0.2) is 40.9 Å². The Labute approximate surface area is 167 Å². The third kappa shape index (κ3) is 4.42. The summed E-state index contributed by atoms with van der Waals surface area (Å²) in [4.78, 5) is 5.92. The molecule has 2 aliphatic rings. The Kier molecular flexibility index (Phi) is 5.92. The minimum absolute atomic E-state index is 0.0975. The van der Waals surface area contributed by atoms with Crippen LogP contribution in [0.1, 0.15) is 25.1 Å². The molecule has 0 radical (unpaired) electrons. The Hall–Kier alpha value is -2.88. The van der Waals surface area contributed by atoms with Gasteiger partial charge in [0.15, 0.2) is 5.84 Å². The van der Waals surface area contributed by atoms with Crippen molar-refractivity contribution >= 4 is 17.9 Å². The number of pyridine rings is 1. The van der Waals surface area contributed by atoms with Gasteiger partial charge in [-0.05, 0) is 26.0 Å². The molecule has 1 fully saturated rings. The molecule has 0 aliphatic carbocycles. The largest absolute Gasteiger partial charge is 0.419 e. The summed E-state index contributed by atoms with van der Waals surface area (Å²) in [7, 11) is 0. The molecule has 0 spiro atoms. The number of aromatic nitrogens is 1. The molecule has 10 heteroatoms. The Morgan fingerprint density at radius 2 is 2.03 bits per heavy atom. The first-order valence-corrected chi connectivity index (χ1v) is 9.15. The van der Waals surface area contributed by atoms with E-state index in [-0.39, 0.29) is 18.1 Å². The lowest BCUT2D eigenvalue weighted by atomic mass is 10.0. The topological polar surface area (TPSA) is 76.8 Å². The third-order valence-corrected chi connectivity index (χ3v) is 4.68. The Balaban J connectivity index is 1.96. The van der Waals surface area contributed by atoms with Gasteiger partial charge in [-0.3, -0.25) is 5.41 Å². The van der Waals surface area contributed by atoms with Gasteiger partial charge in [0, 0.05) is 42.7 Å². The molecule has 3 rings (SSSR count). The molecule has 0 unspecified atom stereocenters. The van der Waals surface area contributed by atoms with Crippen LogP contribution in [0.5, 0.6) is 0 Å². The van der Waals surface area contributed by atoms with E-state index in [1.54, 1.807) is 18.7 Å². The van der Waals surface area contributed by atoms with E-state index in [1.807, 2.05) is 0 Å². The molecule has 2 aliphatic heterocycles. The number of ether oxygens (including phenoxy) is 1. The fourth-order valence-corrected chi connectivity index (χ4v) is 3.25. The number of morpholine rings is 1. The third-order valence-electron chi connectivity index (χ3n) is 4.68. The van der Waals surface area contributed by atoms with E-state index in [1.165, 1.54) is 17.3 Å². The van der Waals surface area contributed by atoms with Gasteiger partial charge in [-0.25, -0.2) is 9.99 Å². The van der Waals surface area contributed by atoms with Crippen molar-refractivity contribution in [2.24, 2.45) is 5.10 Å². The van der Waals surface area contributed by atoms with Crippen LogP contribution in [-0.4, -0.2) is 48.3 Å². The molecule has 1 saturated heterocycles. The fourth-order valence-electron chi connectivity index (χ4n) is 3.25. The number of hydrogen-bond donors (Lipinski definition) is 2. The highest BCUT2D eigenvalue weighted by Gasteiger charge is 2.36. The summed E-state index contributed by atoms with van der Waals surface area (Å²) in [5.74, 6) is 0.447. The maximum Gasteiger partial charge on any atom is 0.419 e. The Morgan fingerprint density at radius 3 is 2.66 bits per heavy atom. The highest BCUT2D eigenvalue weighted by molar-refractivity contribution is 5.99. The molecule has 1 aromatic heterocycles. The maximum absolute atomic E-state index is 13.5. The van der Waals surface area contributed by atoms with Crippen molar-refractivity contribution in [3.63, 3.8) is 0 Å². The molecule has 0 atom stereocenters. The molecule has 0 bridgehead atoms. The van der Waals surface area contributed by atoms with Crippen molar-refractivity contribution in [1.82, 2.24) is 15.3 Å². The summed E-state index contributed by atoms with van der Waals surface area (Å²) in [6.45, 7) is 8.74. The van der Waals surface area contributed by atoms with Gasteiger partial charge in [0.2, 0.25) is 0 Å². The summed E-state index contributed by atoms with van der Waals surface area (Å²) >= 11 is 0. The van der Waals surface area contributed by atoms with Gasteiger partial charge in [-0.1, -0.05) is 6.58 Å². The monoisotopic (exact) mass is 408 g/mol. The standard InChI is InChI=1S/C19H23F3N6O/c1-4-24-28-13(3)25-12(2)15(17(28)23)11-14-5-6-16(19(20,21)22)18(26-14)27-7-9-29-10-8-27/h4-6,23,25H,3,7-11H2,1-2H3/b23-17?,24-4-. The number of amidine groups is 1. The lowest BCUT2D eigenvalue weighted by Crippen LogP contribution is -2.39. The van der Waals surface area contributed by atoms with Crippen LogP contribution in [0.2, 0.25) is 0 Å². The molecule has 0 amide bonds. The predicted molar refractivity (Wildman–Crippen MR) is 105 cm³/mol. The van der Waals surface area contributed by atoms with Crippen LogP contribution in [0, 0.1) is 5.41 Å². The summed E-state index contributed by atoms with van der Waals surface area (Å²) in [5.41, 5.74) is 0.949. The number of allylic oxidation sites excluding steroid dienone is 1. The number of hydrazone groups is 1. The van der Waals surface area contributed by atoms with Crippen molar-refractivity contribution in [2.75, 3.05) is 31.2 Å². The first-order chi connectivity index (χ1) is 13.7. The molecule has 0 aromatic carbocycles. The van der Waals surface area contributed by atoms with Gasteiger partial charge in [0.1, 0.15) is 11.6 Å². The summed E-state index contributed by atoms with van der Waals surface area (Å²) in [6.07, 6.45) is -2.78. The normalized spacial score (nSPS) is 18.7. The molecule has 29 heavy (non-hydrogen) atoms. The van der Waals surface area contributed by atoms with E-state index in [2.05, 4.69) is 22.0 Å². The zero-order valence-corrected chi connectivity index (χ0v) is 16.3. The zero-order chi connectivity index (χ0) is 21.2. The van der Waals surface area contributed by atoms with Gasteiger partial charge in [-0.15, -0.1) is 0 Å². The highest BCUT2D eigenvalue weighted by Crippen LogP contribution is 2.36. The van der Waals surface area contributed by atoms with E-state index in [0.29, 0.717) is 49.1 Å². The van der Waals surface area contributed by atoms with Crippen LogP contribution in [0.4, 0.5) is 19.0 Å². The van der Waals surface area contributed by atoms with Gasteiger partial charge in [0.25, 0.3) is 0 Å². The molecule has 3 heterocycles. The van der Waals surface area contributed by atoms with Crippen LogP contribution >= 0.6 is 0 Å². The number of rotatable bonds is 4. The van der Waals surface area contributed by atoms with Crippen molar-refractivity contribution in [1.29, 1.82) is 5.41 Å². The molecule has 1 aromatic rings. The Bertz CT molecular complexity index is 871. The van der Waals surface area contributed by atoms with Crippen molar-refractivity contribution in [2.45, 2.75) is 26.4 Å². The lowest BCUT2D eigenvalue weighted by Gasteiger charge is -2.32. The van der Waals surface area contributed by atoms with Crippen LogP contribution in [0.3, 0.4) is 0 Å². The number of nitrogens with one attached hydrogen (secondary N) is 2. The Morgan fingerprint density at radius 1 is 1.34 bits per heavy atom. The quantitative estimate of drug-likeness (QED) is 0.749. The second-order valence-electron chi connectivity index (χ2n) is 6.66. The van der Waals surface area contributed by atoms with Gasteiger partial charge in [0.05, 0.1) is 18.8 Å². The molecule has 0 saturated carbocycles. The van der Waals surface area contributed by atoms with E-state index < -0.39 is 11.7 Å². The minimum Gasteiger partial charge on any atom is -0.378 e. The number of alkyl halides is 3. The van der Waals surface area contributed by atoms with E-state index in [4.69, 9.17) is 10.1 Å². The summed E-state index contributed by atoms with van der Waals surface area (Å²) in [6, 6.07) is 2.42. The molecule has 7 nitrogen and oxygen atoms in total. The number of anilines is 1. The van der Waals surface area contributed by atoms with Crippen LogP contribution in [-0.2, 0) is 17.3 Å². The smallest absolute Gasteiger partial charge is 0.378 e. The maximum atomic E-state index is 13.5. The molecular formula is C19H23F3N6O. The first kappa shape index (κ1) is 20.8. The second kappa shape index (κ2) is 8.24. The zero-order valence-electron chi connectivity index (χ0n) is 16.3. The molecule has 156 valence electrons. The summed E-state index contributed by atoms with van der Waals surface area (Å²) < 4.78 is 45.8. The average molecular weight is 408 g/mol. The minimum atomic E-state index is -4.50. The number of hydrogen-bond acceptors (Lipinski definition) is 6. The molecule has 2 N–H and O–H groups in total. The van der Waals surface area contributed by atoms with Gasteiger partial charge < -0.3 is 15.0 Å². The number of nitrogens with zero attached hydrogens (tertiary/aromatic N) is 4. The van der Waals surface area contributed by atoms with Crippen molar-refractivity contribution < 1.29 is 17.9 Å². The van der Waals surface area contributed by atoms with E-state index >= 15 is 0 Å². The van der Waals surface area contributed by atoms with Crippen molar-refractivity contribution in [3.8, 4) is 0 Å². The number of halogens is 3. The van der Waals surface area contributed by atoms with Gasteiger partial charge in [-0.2, -0.15) is 18.3 Å². The lowest BCUT2D eigenvalue weighted by molar-refractivity contribution is -0.137.